The van der Waals surface area contributed by atoms with Crippen LogP contribution in [0.25, 0.3) is 0 Å². The van der Waals surface area contributed by atoms with E-state index in [1.807, 2.05) is 68.4 Å². The zero-order chi connectivity index (χ0) is 15.1. The van der Waals surface area contributed by atoms with Crippen LogP contribution in [0.5, 0.6) is 5.75 Å². The van der Waals surface area contributed by atoms with E-state index in [0.717, 1.165) is 17.1 Å². The normalized spacial score (nSPS) is 11.3. The average Bonchev–Trinajstić information content (AvgIpc) is 2.49. The Morgan fingerprint density at radius 1 is 1.05 bits per heavy atom. The van der Waals surface area contributed by atoms with E-state index >= 15 is 0 Å². The Labute approximate surface area is 124 Å². The number of para-hydroxylation sites is 1. The van der Waals surface area contributed by atoms with E-state index in [-0.39, 0.29) is 6.10 Å². The lowest BCUT2D eigenvalue weighted by molar-refractivity contribution is 0.242. The van der Waals surface area contributed by atoms with E-state index in [1.54, 1.807) is 0 Å². The van der Waals surface area contributed by atoms with Gasteiger partial charge in [-0.1, -0.05) is 18.2 Å². The molecule has 5 nitrogen and oxygen atoms in total. The monoisotopic (exact) mass is 284 g/mol. The van der Waals surface area contributed by atoms with Crippen molar-refractivity contribution in [2.45, 2.75) is 20.0 Å². The maximum Gasteiger partial charge on any atom is 0.215 e. The van der Waals surface area contributed by atoms with Gasteiger partial charge in [-0.2, -0.15) is 0 Å². The molecule has 0 aliphatic carbocycles. The Hall–Kier alpha value is -2.53. The first-order valence-corrected chi connectivity index (χ1v) is 6.81. The number of hydrogen-bond acceptors (Lipinski definition) is 3. The van der Waals surface area contributed by atoms with Gasteiger partial charge in [0.1, 0.15) is 5.75 Å². The number of aliphatic imine (C=N–C) groups is 1. The molecule has 0 heterocycles. The first-order chi connectivity index (χ1) is 10.2. The highest BCUT2D eigenvalue weighted by atomic mass is 16.5. The fraction of sp³-hybridized carbons (Fsp3) is 0.188. The summed E-state index contributed by atoms with van der Waals surface area (Å²) in [6, 6.07) is 17.2. The molecule has 0 aromatic heterocycles. The van der Waals surface area contributed by atoms with Gasteiger partial charge in [-0.15, -0.1) is 0 Å². The summed E-state index contributed by atoms with van der Waals surface area (Å²) in [5.74, 6) is 6.79. The molecule has 2 aromatic carbocycles. The Kier molecular flexibility index (Phi) is 5.17. The molecule has 110 valence electrons. The predicted molar refractivity (Wildman–Crippen MR) is 86.7 cm³/mol. The summed E-state index contributed by atoms with van der Waals surface area (Å²) in [4.78, 5) is 4.41. The minimum atomic E-state index is 0.153. The van der Waals surface area contributed by atoms with Crippen molar-refractivity contribution in [1.29, 1.82) is 0 Å². The van der Waals surface area contributed by atoms with Crippen LogP contribution in [0.1, 0.15) is 13.8 Å². The van der Waals surface area contributed by atoms with Crippen molar-refractivity contribution in [3.05, 3.63) is 54.6 Å². The van der Waals surface area contributed by atoms with Crippen LogP contribution in [-0.2, 0) is 0 Å². The van der Waals surface area contributed by atoms with E-state index in [0.29, 0.717) is 5.96 Å². The molecule has 0 fully saturated rings. The third kappa shape index (κ3) is 4.81. The van der Waals surface area contributed by atoms with Gasteiger partial charge in [-0.05, 0) is 50.2 Å². The molecule has 0 bridgehead atoms. The van der Waals surface area contributed by atoms with E-state index in [1.165, 1.54) is 0 Å². The van der Waals surface area contributed by atoms with Crippen molar-refractivity contribution >= 4 is 17.3 Å². The van der Waals surface area contributed by atoms with Crippen LogP contribution >= 0.6 is 0 Å². The molecule has 0 radical (unpaired) electrons. The molecule has 5 heteroatoms. The number of ether oxygens (including phenoxy) is 1. The number of benzene rings is 2. The van der Waals surface area contributed by atoms with Crippen LogP contribution in [0.4, 0.5) is 11.4 Å². The van der Waals surface area contributed by atoms with Gasteiger partial charge in [-0.25, -0.2) is 10.8 Å². The summed E-state index contributed by atoms with van der Waals surface area (Å²) < 4.78 is 5.59. The maximum absolute atomic E-state index is 5.59. The number of guanidine groups is 1. The molecule has 0 saturated carbocycles. The third-order valence-corrected chi connectivity index (χ3v) is 2.62. The zero-order valence-electron chi connectivity index (χ0n) is 12.2. The molecular formula is C16H20N4O. The number of hydrogen-bond donors (Lipinski definition) is 3. The van der Waals surface area contributed by atoms with Crippen molar-refractivity contribution in [1.82, 2.24) is 5.43 Å². The number of anilines is 1. The van der Waals surface area contributed by atoms with Crippen LogP contribution in [0.15, 0.2) is 59.6 Å². The molecule has 21 heavy (non-hydrogen) atoms. The first-order valence-electron chi connectivity index (χ1n) is 6.81. The Balaban J connectivity index is 2.08. The maximum atomic E-state index is 5.59. The molecule has 2 aromatic rings. The van der Waals surface area contributed by atoms with Gasteiger partial charge >= 0.3 is 0 Å². The second-order valence-corrected chi connectivity index (χ2v) is 4.76. The lowest BCUT2D eigenvalue weighted by Gasteiger charge is -2.10. The number of hydrazine groups is 1. The van der Waals surface area contributed by atoms with E-state index in [2.05, 4.69) is 15.7 Å². The minimum absolute atomic E-state index is 0.153. The van der Waals surface area contributed by atoms with Crippen molar-refractivity contribution in [2.24, 2.45) is 10.8 Å². The van der Waals surface area contributed by atoms with Gasteiger partial charge in [0, 0.05) is 5.69 Å². The highest BCUT2D eigenvalue weighted by Gasteiger charge is 2.00. The summed E-state index contributed by atoms with van der Waals surface area (Å²) in [7, 11) is 0. The van der Waals surface area contributed by atoms with Crippen LogP contribution < -0.4 is 21.3 Å². The third-order valence-electron chi connectivity index (χ3n) is 2.62. The number of nitrogens with zero attached hydrogens (tertiary/aromatic N) is 1. The summed E-state index contributed by atoms with van der Waals surface area (Å²) in [5.41, 5.74) is 4.24. The van der Waals surface area contributed by atoms with Crippen molar-refractivity contribution in [2.75, 3.05) is 5.32 Å². The second kappa shape index (κ2) is 7.31. The average molecular weight is 284 g/mol. The molecule has 0 aliphatic rings. The fourth-order valence-corrected chi connectivity index (χ4v) is 1.76. The summed E-state index contributed by atoms with van der Waals surface area (Å²) in [6.45, 7) is 3.98. The van der Waals surface area contributed by atoms with Gasteiger partial charge in [0.15, 0.2) is 0 Å². The zero-order valence-corrected chi connectivity index (χ0v) is 12.2. The Bertz CT molecular complexity index is 579. The first kappa shape index (κ1) is 14.9. The van der Waals surface area contributed by atoms with Gasteiger partial charge < -0.3 is 10.1 Å². The topological polar surface area (TPSA) is 71.7 Å². The Morgan fingerprint density at radius 2 is 1.71 bits per heavy atom. The molecule has 0 saturated heterocycles. The summed E-state index contributed by atoms with van der Waals surface area (Å²) in [6.07, 6.45) is 0.153. The predicted octanol–water partition coefficient (Wildman–Crippen LogP) is 3.04. The van der Waals surface area contributed by atoms with Gasteiger partial charge in [0.25, 0.3) is 0 Å². The molecule has 2 rings (SSSR count). The van der Waals surface area contributed by atoms with Crippen LogP contribution in [0, 0.1) is 0 Å². The van der Waals surface area contributed by atoms with Crippen molar-refractivity contribution in [3.63, 3.8) is 0 Å². The molecule has 0 spiro atoms. The van der Waals surface area contributed by atoms with Gasteiger partial charge in [-0.3, -0.25) is 5.43 Å². The summed E-state index contributed by atoms with van der Waals surface area (Å²) in [5, 5.41) is 3.11. The van der Waals surface area contributed by atoms with Crippen molar-refractivity contribution in [3.8, 4) is 5.75 Å². The molecule has 0 unspecified atom stereocenters. The highest BCUT2D eigenvalue weighted by Crippen LogP contribution is 2.19. The number of rotatable bonds is 4. The van der Waals surface area contributed by atoms with Gasteiger partial charge in [0.2, 0.25) is 5.96 Å². The van der Waals surface area contributed by atoms with Crippen LogP contribution in [0.2, 0.25) is 0 Å². The van der Waals surface area contributed by atoms with E-state index < -0.39 is 0 Å². The van der Waals surface area contributed by atoms with E-state index in [9.17, 15) is 0 Å². The lowest BCUT2D eigenvalue weighted by Crippen LogP contribution is -2.35. The smallest absolute Gasteiger partial charge is 0.215 e. The SMILES string of the molecule is CC(C)Oc1ccc(N=C(NN)Nc2ccccc2)cc1. The van der Waals surface area contributed by atoms with Crippen molar-refractivity contribution < 1.29 is 4.74 Å². The van der Waals surface area contributed by atoms with Crippen LogP contribution in [-0.4, -0.2) is 12.1 Å². The Morgan fingerprint density at radius 3 is 2.29 bits per heavy atom. The molecule has 0 atom stereocenters. The molecule has 0 aliphatic heterocycles. The number of nitrogens with one attached hydrogen (secondary N) is 2. The largest absolute Gasteiger partial charge is 0.491 e. The molecule has 0 amide bonds. The fourth-order valence-electron chi connectivity index (χ4n) is 1.76. The van der Waals surface area contributed by atoms with E-state index in [4.69, 9.17) is 10.6 Å². The van der Waals surface area contributed by atoms with Crippen LogP contribution in [0.3, 0.4) is 0 Å². The summed E-state index contributed by atoms with van der Waals surface area (Å²) >= 11 is 0. The number of nitrogens with two attached hydrogens (primary N) is 1. The molecular weight excluding hydrogens is 264 g/mol. The molecule has 4 N–H and O–H groups in total. The quantitative estimate of drug-likeness (QED) is 0.349. The highest BCUT2D eigenvalue weighted by molar-refractivity contribution is 5.94. The lowest BCUT2D eigenvalue weighted by atomic mass is 10.3. The standard InChI is InChI=1S/C16H20N4O/c1-12(2)21-15-10-8-14(9-11-15)19-16(20-17)18-13-6-4-3-5-7-13/h3-12H,17H2,1-2H3,(H2,18,19,20). The second-order valence-electron chi connectivity index (χ2n) is 4.76. The van der Waals surface area contributed by atoms with Gasteiger partial charge in [0.05, 0.1) is 11.8 Å². The minimum Gasteiger partial charge on any atom is -0.491 e.